The van der Waals surface area contributed by atoms with Crippen LogP contribution in [0, 0.1) is 13.8 Å². The van der Waals surface area contributed by atoms with Crippen LogP contribution < -0.4 is 4.90 Å². The van der Waals surface area contributed by atoms with Gasteiger partial charge in [-0.15, -0.1) is 0 Å². The van der Waals surface area contributed by atoms with Crippen LogP contribution in [0.5, 0.6) is 0 Å². The van der Waals surface area contributed by atoms with Gasteiger partial charge in [0.1, 0.15) is 17.0 Å². The van der Waals surface area contributed by atoms with E-state index in [1.807, 2.05) is 48.0 Å². The number of hydrogen-bond donors (Lipinski definition) is 0. The summed E-state index contributed by atoms with van der Waals surface area (Å²) in [6.07, 6.45) is 6.09. The highest BCUT2D eigenvalue weighted by Gasteiger charge is 2.29. The quantitative estimate of drug-likeness (QED) is 0.233. The fourth-order valence-corrected chi connectivity index (χ4v) is 5.64. The first kappa shape index (κ1) is 23.5. The van der Waals surface area contributed by atoms with Crippen molar-refractivity contribution < 1.29 is 9.32 Å². The summed E-state index contributed by atoms with van der Waals surface area (Å²) in [5, 5.41) is 5.90. The molecule has 5 rings (SSSR count). The van der Waals surface area contributed by atoms with Crippen molar-refractivity contribution in [1.82, 2.24) is 19.7 Å². The summed E-state index contributed by atoms with van der Waals surface area (Å²) in [6, 6.07) is 11.0. The molecule has 35 heavy (non-hydrogen) atoms. The number of nitrogens with zero attached hydrogens (tertiary/aromatic N) is 5. The van der Waals surface area contributed by atoms with E-state index in [0.29, 0.717) is 57.3 Å². The maximum Gasteiger partial charge on any atom is 0.265 e. The molecule has 7 nitrogen and oxygen atoms in total. The molecule has 0 spiro atoms. The molecule has 0 aliphatic heterocycles. The van der Waals surface area contributed by atoms with Crippen LogP contribution in [0.4, 0.5) is 5.13 Å². The molecule has 0 radical (unpaired) electrons. The minimum Gasteiger partial charge on any atom is -0.360 e. The Morgan fingerprint density at radius 2 is 2.03 bits per heavy atom. The molecule has 3 heterocycles. The number of carbonyl (C=O) groups excluding carboxylic acids is 1. The molecule has 0 aliphatic rings. The Hall–Kier alpha value is -3.20. The van der Waals surface area contributed by atoms with Crippen LogP contribution in [0.3, 0.4) is 0 Å². The molecular formula is C25H21Cl2N5O2S. The van der Waals surface area contributed by atoms with Gasteiger partial charge in [-0.1, -0.05) is 57.9 Å². The molecule has 0 unspecified atom stereocenters. The average Bonchev–Trinajstić information content (AvgIpc) is 3.57. The van der Waals surface area contributed by atoms with Gasteiger partial charge in [0.25, 0.3) is 5.91 Å². The van der Waals surface area contributed by atoms with Gasteiger partial charge in [-0.3, -0.25) is 9.69 Å². The molecule has 0 saturated heterocycles. The van der Waals surface area contributed by atoms with E-state index >= 15 is 0 Å². The lowest BCUT2D eigenvalue weighted by molar-refractivity contribution is 0.0985. The zero-order chi connectivity index (χ0) is 24.5. The molecular weight excluding hydrogens is 505 g/mol. The van der Waals surface area contributed by atoms with Crippen molar-refractivity contribution in [2.24, 2.45) is 0 Å². The van der Waals surface area contributed by atoms with Crippen molar-refractivity contribution in [1.29, 1.82) is 0 Å². The van der Waals surface area contributed by atoms with Gasteiger partial charge >= 0.3 is 0 Å². The van der Waals surface area contributed by atoms with Gasteiger partial charge < -0.3 is 9.09 Å². The Kier molecular flexibility index (Phi) is 6.60. The third kappa shape index (κ3) is 4.69. The van der Waals surface area contributed by atoms with Crippen LogP contribution >= 0.6 is 34.5 Å². The van der Waals surface area contributed by atoms with Crippen LogP contribution in [0.25, 0.3) is 21.5 Å². The third-order valence-corrected chi connectivity index (χ3v) is 7.25. The predicted octanol–water partition coefficient (Wildman–Crippen LogP) is 6.81. The largest absolute Gasteiger partial charge is 0.360 e. The Bertz CT molecular complexity index is 1510. The van der Waals surface area contributed by atoms with Crippen molar-refractivity contribution in [2.75, 3.05) is 11.4 Å². The Balaban J connectivity index is 1.56. The van der Waals surface area contributed by atoms with E-state index in [0.717, 1.165) is 15.8 Å². The highest BCUT2D eigenvalue weighted by atomic mass is 35.5. The maximum atomic E-state index is 14.1. The second-order valence-corrected chi connectivity index (χ2v) is 9.97. The van der Waals surface area contributed by atoms with Crippen LogP contribution in [-0.4, -0.2) is 32.1 Å². The van der Waals surface area contributed by atoms with Crippen molar-refractivity contribution in [3.8, 4) is 11.3 Å². The van der Waals surface area contributed by atoms with Crippen LogP contribution in [0.1, 0.15) is 28.1 Å². The normalized spacial score (nSPS) is 11.3. The first-order valence-corrected chi connectivity index (χ1v) is 12.5. The third-order valence-electron chi connectivity index (χ3n) is 5.68. The number of amides is 1. The molecule has 3 aromatic heterocycles. The number of hydrogen-bond acceptors (Lipinski definition) is 6. The lowest BCUT2D eigenvalue weighted by Crippen LogP contribution is -2.33. The molecule has 2 aromatic carbocycles. The fourth-order valence-electron chi connectivity index (χ4n) is 3.97. The standard InChI is InChI=1S/C25H21Cl2N5O2S/c1-15-12-17(26)13-20-22(15)29-25(35-20)32(10-5-9-31-11-8-28-14-31)24(33)21-16(2)34-30-23(21)18-6-3-4-7-19(18)27/h3-4,6-8,11-14H,5,9-10H2,1-2H3. The molecule has 0 N–H and O–H groups in total. The van der Waals surface area contributed by atoms with Gasteiger partial charge in [0.05, 0.1) is 21.6 Å². The lowest BCUT2D eigenvalue weighted by atomic mass is 10.1. The summed E-state index contributed by atoms with van der Waals surface area (Å²) in [6.45, 7) is 4.84. The number of benzene rings is 2. The second-order valence-electron chi connectivity index (χ2n) is 8.12. The van der Waals surface area contributed by atoms with Gasteiger partial charge in [0.2, 0.25) is 0 Å². The minimum absolute atomic E-state index is 0.243. The number of fused-ring (bicyclic) bond motifs is 1. The highest BCUT2D eigenvalue weighted by molar-refractivity contribution is 7.22. The molecule has 178 valence electrons. The Labute approximate surface area is 215 Å². The number of carbonyl (C=O) groups is 1. The van der Waals surface area contributed by atoms with Crippen LogP contribution in [0.15, 0.2) is 59.6 Å². The van der Waals surface area contributed by atoms with Gasteiger partial charge in [-0.05, 0) is 44.0 Å². The fraction of sp³-hybridized carbons (Fsp3) is 0.200. The molecule has 0 atom stereocenters. The number of halogens is 2. The van der Waals surface area contributed by atoms with Crippen LogP contribution in [0.2, 0.25) is 10.0 Å². The minimum atomic E-state index is -0.243. The van der Waals surface area contributed by atoms with E-state index < -0.39 is 0 Å². The Morgan fingerprint density at radius 3 is 2.80 bits per heavy atom. The summed E-state index contributed by atoms with van der Waals surface area (Å²) in [5.41, 5.74) is 3.21. The Morgan fingerprint density at radius 1 is 1.20 bits per heavy atom. The number of imidazole rings is 1. The molecule has 0 aliphatic carbocycles. The monoisotopic (exact) mass is 525 g/mol. The lowest BCUT2D eigenvalue weighted by Gasteiger charge is -2.20. The number of aromatic nitrogens is 4. The maximum absolute atomic E-state index is 14.1. The zero-order valence-corrected chi connectivity index (χ0v) is 21.4. The van der Waals surface area contributed by atoms with Crippen molar-refractivity contribution >= 4 is 55.8 Å². The van der Waals surface area contributed by atoms with E-state index in [-0.39, 0.29) is 5.91 Å². The SMILES string of the molecule is Cc1onc(-c2ccccc2Cl)c1C(=O)N(CCCn1ccnc1)c1nc2c(C)cc(Cl)cc2s1. The molecule has 0 fully saturated rings. The number of thiazole rings is 1. The van der Waals surface area contributed by atoms with E-state index in [1.165, 1.54) is 11.3 Å². The molecule has 1 amide bonds. The summed E-state index contributed by atoms with van der Waals surface area (Å²) < 4.78 is 8.37. The predicted molar refractivity (Wildman–Crippen MR) is 140 cm³/mol. The molecule has 5 aromatic rings. The van der Waals surface area contributed by atoms with Gasteiger partial charge in [0, 0.05) is 36.1 Å². The van der Waals surface area contributed by atoms with E-state index in [1.54, 1.807) is 30.4 Å². The molecule has 10 heteroatoms. The number of rotatable bonds is 7. The first-order chi connectivity index (χ1) is 16.9. The van der Waals surface area contributed by atoms with Crippen LogP contribution in [-0.2, 0) is 6.54 Å². The zero-order valence-electron chi connectivity index (χ0n) is 19.0. The van der Waals surface area contributed by atoms with Gasteiger partial charge in [0.15, 0.2) is 5.13 Å². The van der Waals surface area contributed by atoms with Gasteiger partial charge in [-0.25, -0.2) is 9.97 Å². The summed E-state index contributed by atoms with van der Waals surface area (Å²) in [4.78, 5) is 24.7. The van der Waals surface area contributed by atoms with E-state index in [2.05, 4.69) is 10.1 Å². The molecule has 0 bridgehead atoms. The average molecular weight is 526 g/mol. The first-order valence-electron chi connectivity index (χ1n) is 11.0. The van der Waals surface area contributed by atoms with E-state index in [4.69, 9.17) is 32.7 Å². The summed E-state index contributed by atoms with van der Waals surface area (Å²) in [7, 11) is 0. The second kappa shape index (κ2) is 9.81. The van der Waals surface area contributed by atoms with E-state index in [9.17, 15) is 4.79 Å². The smallest absolute Gasteiger partial charge is 0.265 e. The summed E-state index contributed by atoms with van der Waals surface area (Å²) in [5.74, 6) is 0.178. The summed E-state index contributed by atoms with van der Waals surface area (Å²) >= 11 is 14.1. The molecule has 0 saturated carbocycles. The van der Waals surface area contributed by atoms with Gasteiger partial charge in [-0.2, -0.15) is 0 Å². The van der Waals surface area contributed by atoms with Crippen molar-refractivity contribution in [2.45, 2.75) is 26.8 Å². The van der Waals surface area contributed by atoms with Crippen molar-refractivity contribution in [3.63, 3.8) is 0 Å². The number of aryl methyl sites for hydroxylation is 3. The number of anilines is 1. The highest BCUT2D eigenvalue weighted by Crippen LogP contribution is 2.36. The topological polar surface area (TPSA) is 77.0 Å². The van der Waals surface area contributed by atoms with Crippen molar-refractivity contribution in [3.05, 3.63) is 82.1 Å².